The fourth-order valence-corrected chi connectivity index (χ4v) is 1.50. The van der Waals surface area contributed by atoms with Crippen molar-refractivity contribution in [1.29, 1.82) is 0 Å². The summed E-state index contributed by atoms with van der Waals surface area (Å²) in [5, 5.41) is 3.43. The Kier molecular flexibility index (Phi) is 5.66. The molecule has 0 saturated carbocycles. The molecule has 1 unspecified atom stereocenters. The number of unbranched alkanes of at least 4 members (excludes halogenated alkanes) is 2. The molecular weight excluding hydrogens is 162 g/mol. The summed E-state index contributed by atoms with van der Waals surface area (Å²) in [6, 6.07) is 0. The third kappa shape index (κ3) is 4.94. The number of allylic oxidation sites excluding steroid dienone is 1. The van der Waals surface area contributed by atoms with Gasteiger partial charge in [-0.05, 0) is 31.9 Å². The third-order valence-electron chi connectivity index (χ3n) is 2.35. The van der Waals surface area contributed by atoms with Crippen molar-refractivity contribution < 1.29 is 4.74 Å². The lowest BCUT2D eigenvalue weighted by atomic mass is 10.1. The second-order valence-corrected chi connectivity index (χ2v) is 3.62. The normalized spacial score (nSPS) is 21.5. The Morgan fingerprint density at radius 3 is 3.08 bits per heavy atom. The van der Waals surface area contributed by atoms with E-state index in [1.807, 2.05) is 6.26 Å². The Hall–Kier alpha value is -0.500. The maximum atomic E-state index is 5.44. The zero-order valence-electron chi connectivity index (χ0n) is 8.59. The van der Waals surface area contributed by atoms with E-state index in [1.165, 1.54) is 25.7 Å². The van der Waals surface area contributed by atoms with Crippen molar-refractivity contribution in [2.24, 2.45) is 0 Å². The van der Waals surface area contributed by atoms with Crippen LogP contribution < -0.4 is 5.32 Å². The number of hydrogen-bond acceptors (Lipinski definition) is 2. The molecule has 0 radical (unpaired) electrons. The van der Waals surface area contributed by atoms with E-state index in [1.54, 1.807) is 0 Å². The molecule has 76 valence electrons. The van der Waals surface area contributed by atoms with Gasteiger partial charge >= 0.3 is 0 Å². The summed E-state index contributed by atoms with van der Waals surface area (Å²) in [6.07, 6.45) is 10.6. The van der Waals surface area contributed by atoms with E-state index in [2.05, 4.69) is 18.3 Å². The van der Waals surface area contributed by atoms with Crippen molar-refractivity contribution in [3.8, 4) is 0 Å². The first-order valence-electron chi connectivity index (χ1n) is 5.44. The quantitative estimate of drug-likeness (QED) is 0.639. The predicted octanol–water partition coefficient (Wildman–Crippen LogP) is 2.46. The Morgan fingerprint density at radius 1 is 1.46 bits per heavy atom. The minimum Gasteiger partial charge on any atom is -0.497 e. The molecule has 1 atom stereocenters. The second-order valence-electron chi connectivity index (χ2n) is 3.62. The van der Waals surface area contributed by atoms with Crippen molar-refractivity contribution in [3.05, 3.63) is 12.3 Å². The molecule has 13 heavy (non-hydrogen) atoms. The van der Waals surface area contributed by atoms with Gasteiger partial charge < -0.3 is 10.1 Å². The lowest BCUT2D eigenvalue weighted by molar-refractivity contribution is 0.122. The first-order valence-corrected chi connectivity index (χ1v) is 5.44. The fourth-order valence-electron chi connectivity index (χ4n) is 1.50. The summed E-state index contributed by atoms with van der Waals surface area (Å²) < 4.78 is 5.44. The summed E-state index contributed by atoms with van der Waals surface area (Å²) in [4.78, 5) is 0. The molecule has 0 aliphatic carbocycles. The average molecular weight is 183 g/mol. The molecule has 0 aromatic rings. The van der Waals surface area contributed by atoms with Gasteiger partial charge in [0.1, 0.15) is 6.10 Å². The van der Waals surface area contributed by atoms with Crippen LogP contribution in [0.1, 0.15) is 39.0 Å². The molecule has 2 nitrogen and oxygen atoms in total. The number of ether oxygens (including phenoxy) is 1. The van der Waals surface area contributed by atoms with Gasteiger partial charge in [0.05, 0.1) is 6.26 Å². The number of rotatable bonds is 6. The molecule has 1 aliphatic heterocycles. The summed E-state index contributed by atoms with van der Waals surface area (Å²) in [6.45, 7) is 4.38. The van der Waals surface area contributed by atoms with Crippen LogP contribution in [0.5, 0.6) is 0 Å². The minimum atomic E-state index is 0.409. The second kappa shape index (κ2) is 6.96. The largest absolute Gasteiger partial charge is 0.497 e. The van der Waals surface area contributed by atoms with Crippen LogP contribution in [0, 0.1) is 0 Å². The van der Waals surface area contributed by atoms with E-state index in [0.717, 1.165) is 19.5 Å². The van der Waals surface area contributed by atoms with Crippen LogP contribution in [0.25, 0.3) is 0 Å². The Bertz CT molecular complexity index is 145. The van der Waals surface area contributed by atoms with Crippen LogP contribution in [-0.2, 0) is 4.74 Å². The van der Waals surface area contributed by atoms with E-state index >= 15 is 0 Å². The van der Waals surface area contributed by atoms with E-state index in [9.17, 15) is 0 Å². The van der Waals surface area contributed by atoms with Gasteiger partial charge in [0.15, 0.2) is 0 Å². The summed E-state index contributed by atoms with van der Waals surface area (Å²) in [7, 11) is 0. The number of hydrogen-bond donors (Lipinski definition) is 1. The molecule has 1 aliphatic rings. The van der Waals surface area contributed by atoms with Gasteiger partial charge in [0.25, 0.3) is 0 Å². The van der Waals surface area contributed by atoms with Gasteiger partial charge in [-0.25, -0.2) is 0 Å². The summed E-state index contributed by atoms with van der Waals surface area (Å²) in [5.41, 5.74) is 0. The molecule has 0 aromatic carbocycles. The third-order valence-corrected chi connectivity index (χ3v) is 2.35. The van der Waals surface area contributed by atoms with Crippen molar-refractivity contribution in [2.45, 2.75) is 45.1 Å². The van der Waals surface area contributed by atoms with Crippen molar-refractivity contribution in [1.82, 2.24) is 5.32 Å². The molecule has 0 saturated heterocycles. The van der Waals surface area contributed by atoms with Gasteiger partial charge in [-0.3, -0.25) is 0 Å². The molecule has 0 fully saturated rings. The van der Waals surface area contributed by atoms with E-state index in [-0.39, 0.29) is 0 Å². The van der Waals surface area contributed by atoms with Crippen LogP contribution in [0.15, 0.2) is 12.3 Å². The highest BCUT2D eigenvalue weighted by atomic mass is 16.5. The molecule has 0 aromatic heterocycles. The van der Waals surface area contributed by atoms with Crippen LogP contribution in [0.2, 0.25) is 0 Å². The SMILES string of the molecule is CCCCCNCC1CCC=CO1. The average Bonchev–Trinajstić information content (AvgIpc) is 2.19. The zero-order chi connectivity index (χ0) is 9.36. The minimum absolute atomic E-state index is 0.409. The van der Waals surface area contributed by atoms with E-state index in [0.29, 0.717) is 6.10 Å². The van der Waals surface area contributed by atoms with Gasteiger partial charge in [0, 0.05) is 6.54 Å². The summed E-state index contributed by atoms with van der Waals surface area (Å²) in [5.74, 6) is 0. The van der Waals surface area contributed by atoms with Gasteiger partial charge in [-0.2, -0.15) is 0 Å². The molecule has 1 heterocycles. The van der Waals surface area contributed by atoms with Crippen LogP contribution >= 0.6 is 0 Å². The molecule has 1 N–H and O–H groups in total. The molecule has 2 heteroatoms. The first kappa shape index (κ1) is 10.6. The van der Waals surface area contributed by atoms with E-state index < -0.39 is 0 Å². The van der Waals surface area contributed by atoms with E-state index in [4.69, 9.17) is 4.74 Å². The molecule has 0 bridgehead atoms. The van der Waals surface area contributed by atoms with Crippen LogP contribution in [-0.4, -0.2) is 19.2 Å². The van der Waals surface area contributed by atoms with Crippen LogP contribution in [0.4, 0.5) is 0 Å². The maximum absolute atomic E-state index is 5.44. The zero-order valence-corrected chi connectivity index (χ0v) is 8.59. The Balaban J connectivity index is 1.90. The Morgan fingerprint density at radius 2 is 2.38 bits per heavy atom. The highest BCUT2D eigenvalue weighted by Gasteiger charge is 2.09. The topological polar surface area (TPSA) is 21.3 Å². The van der Waals surface area contributed by atoms with Crippen molar-refractivity contribution in [3.63, 3.8) is 0 Å². The standard InChI is InChI=1S/C11H21NO/c1-2-3-5-8-12-10-11-7-4-6-9-13-11/h6,9,11-12H,2-5,7-8,10H2,1H3. The Labute approximate surface area is 81.4 Å². The maximum Gasteiger partial charge on any atom is 0.110 e. The number of nitrogens with one attached hydrogen (secondary N) is 1. The van der Waals surface area contributed by atoms with Gasteiger partial charge in [0.2, 0.25) is 0 Å². The van der Waals surface area contributed by atoms with Crippen molar-refractivity contribution in [2.75, 3.05) is 13.1 Å². The highest BCUT2D eigenvalue weighted by molar-refractivity contribution is 4.82. The smallest absolute Gasteiger partial charge is 0.110 e. The van der Waals surface area contributed by atoms with Crippen LogP contribution in [0.3, 0.4) is 0 Å². The molecule has 1 rings (SSSR count). The first-order chi connectivity index (χ1) is 6.43. The predicted molar refractivity (Wildman–Crippen MR) is 55.6 cm³/mol. The molecule has 0 amide bonds. The van der Waals surface area contributed by atoms with Gasteiger partial charge in [-0.1, -0.05) is 19.8 Å². The lowest BCUT2D eigenvalue weighted by Gasteiger charge is -2.19. The fraction of sp³-hybridized carbons (Fsp3) is 0.818. The van der Waals surface area contributed by atoms with Crippen molar-refractivity contribution >= 4 is 0 Å². The lowest BCUT2D eigenvalue weighted by Crippen LogP contribution is -2.29. The monoisotopic (exact) mass is 183 g/mol. The molecule has 0 spiro atoms. The molecular formula is C11H21NO. The van der Waals surface area contributed by atoms with Gasteiger partial charge in [-0.15, -0.1) is 0 Å². The highest BCUT2D eigenvalue weighted by Crippen LogP contribution is 2.08. The summed E-state index contributed by atoms with van der Waals surface area (Å²) >= 11 is 0.